The van der Waals surface area contributed by atoms with Crippen molar-refractivity contribution in [3.8, 4) is 0 Å². The number of hydrogen-bond donors (Lipinski definition) is 9. The first-order valence-corrected chi connectivity index (χ1v) is 28.8. The number of ether oxygens (including phenoxy) is 1. The first-order chi connectivity index (χ1) is 35.8. The van der Waals surface area contributed by atoms with E-state index in [1.165, 1.54) is 6.66 Å². The Labute approximate surface area is 443 Å². The zero-order chi connectivity index (χ0) is 52.7. The van der Waals surface area contributed by atoms with E-state index in [1.807, 2.05) is 71.6 Å². The van der Waals surface area contributed by atoms with Crippen molar-refractivity contribution in [1.29, 1.82) is 0 Å². The van der Waals surface area contributed by atoms with Crippen molar-refractivity contribution in [2.75, 3.05) is 55.0 Å². The largest absolute Gasteiger partial charge is 0.445 e. The second-order valence-corrected chi connectivity index (χ2v) is 22.3. The fraction of sp³-hybridized carbons (Fsp3) is 0.396. The summed E-state index contributed by atoms with van der Waals surface area (Å²) in [4.78, 5) is 87.8. The topological polar surface area (TPSA) is 232 Å². The Hall–Kier alpha value is -6.28. The number of thiol groups is 1. The van der Waals surface area contributed by atoms with Gasteiger partial charge in [0, 0.05) is 67.3 Å². The highest BCUT2D eigenvalue weighted by molar-refractivity contribution is 8.09. The molecule has 2 aliphatic heterocycles. The van der Waals surface area contributed by atoms with Crippen LogP contribution in [0.15, 0.2) is 97.1 Å². The number of carbonyl (C=O) groups is 6. The standard InChI is InChI=1S/C53H68N9O9PS2/c1-72(69,74)71-32-14-3-2-12-30-54-53(68)70-36-38-22-26-41(27-23-38)57-48(65)34-56-47(64)20-10-11-21-50(67)61-35-40-15-6-7-16-43(40)52-51(44-17-8-9-18-45(44)61)59-60-62(52)31-13-4-5-19-46(63)55-33-49(66)58-42-28-24-39(37-73)25-29-42/h6-9,15-18,22-29,59-60,73H,2-5,10-14,19-21,30-37H2,1H3,(H,54,68)(H,55,63)(H,56,64)(H,57,65)(H,58,66)(H,69,74). The van der Waals surface area contributed by atoms with Gasteiger partial charge in [0.05, 0.1) is 43.3 Å². The highest BCUT2D eigenvalue weighted by atomic mass is 32.5. The summed E-state index contributed by atoms with van der Waals surface area (Å²) >= 11 is 9.10. The van der Waals surface area contributed by atoms with Gasteiger partial charge in [-0.25, -0.2) is 4.79 Å². The van der Waals surface area contributed by atoms with Crippen molar-refractivity contribution >= 4 is 95.0 Å². The van der Waals surface area contributed by atoms with E-state index in [0.29, 0.717) is 69.1 Å². The molecule has 0 radical (unpaired) electrons. The molecule has 0 spiro atoms. The number of nitrogens with one attached hydrogen (secondary N) is 7. The summed E-state index contributed by atoms with van der Waals surface area (Å²) in [5.41, 5.74) is 15.1. The Kier molecular flexibility index (Phi) is 22.8. The maximum absolute atomic E-state index is 14.1. The average Bonchev–Trinajstić information content (AvgIpc) is 3.80. The molecule has 6 amide bonds. The van der Waals surface area contributed by atoms with Gasteiger partial charge in [0.1, 0.15) is 6.61 Å². The molecule has 2 aliphatic rings. The zero-order valence-corrected chi connectivity index (χ0v) is 44.4. The number of alkyl carbamates (subject to hydrolysis) is 1. The number of carbonyl (C=O) groups excluding carboxylic acids is 6. The summed E-state index contributed by atoms with van der Waals surface area (Å²) in [6.07, 6.45) is 6.69. The Bertz CT molecular complexity index is 2630. The molecule has 0 fully saturated rings. The summed E-state index contributed by atoms with van der Waals surface area (Å²) in [7, 11) is 0. The first-order valence-electron chi connectivity index (χ1n) is 25.0. The van der Waals surface area contributed by atoms with E-state index in [4.69, 9.17) is 21.1 Å². The van der Waals surface area contributed by atoms with Gasteiger partial charge in [0.25, 0.3) is 0 Å². The lowest BCUT2D eigenvalue weighted by molar-refractivity contribution is -0.124. The molecule has 18 nitrogen and oxygen atoms in total. The van der Waals surface area contributed by atoms with E-state index in [0.717, 1.165) is 83.4 Å². The molecule has 0 aliphatic carbocycles. The molecule has 74 heavy (non-hydrogen) atoms. The molecule has 0 saturated heterocycles. The molecule has 4 aromatic carbocycles. The number of para-hydroxylation sites is 1. The maximum Gasteiger partial charge on any atom is 0.407 e. The first kappa shape index (κ1) is 57.0. The highest BCUT2D eigenvalue weighted by Crippen LogP contribution is 2.40. The van der Waals surface area contributed by atoms with Crippen molar-refractivity contribution in [2.24, 2.45) is 0 Å². The monoisotopic (exact) mass is 1070 g/mol. The molecule has 8 N–H and O–H groups in total. The summed E-state index contributed by atoms with van der Waals surface area (Å²) in [6.45, 7) is 0.552. The van der Waals surface area contributed by atoms with Crippen LogP contribution in [0.1, 0.15) is 105 Å². The van der Waals surface area contributed by atoms with Gasteiger partial charge in [-0.2, -0.15) is 12.6 Å². The van der Waals surface area contributed by atoms with Crippen LogP contribution in [0.4, 0.5) is 21.9 Å². The molecule has 2 heterocycles. The van der Waals surface area contributed by atoms with Crippen LogP contribution in [0, 0.1) is 0 Å². The zero-order valence-electron chi connectivity index (χ0n) is 41.8. The average molecular weight is 1070 g/mol. The number of hydrazine groups is 2. The predicted octanol–water partition coefficient (Wildman–Crippen LogP) is 7.48. The van der Waals surface area contributed by atoms with Crippen LogP contribution in [0.2, 0.25) is 0 Å². The summed E-state index contributed by atoms with van der Waals surface area (Å²) < 4.78 is 10.5. The number of nitrogens with zero attached hydrogens (tertiary/aromatic N) is 2. The Morgan fingerprint density at radius 1 is 0.676 bits per heavy atom. The van der Waals surface area contributed by atoms with Crippen molar-refractivity contribution in [3.63, 3.8) is 0 Å². The molecule has 0 saturated carbocycles. The van der Waals surface area contributed by atoms with Gasteiger partial charge in [0.15, 0.2) is 6.49 Å². The third kappa shape index (κ3) is 18.9. The van der Waals surface area contributed by atoms with E-state index in [1.54, 1.807) is 24.3 Å². The number of amides is 6. The normalized spacial score (nSPS) is 13.4. The summed E-state index contributed by atoms with van der Waals surface area (Å²) in [5, 5.41) is 15.7. The lowest BCUT2D eigenvalue weighted by Gasteiger charge is -2.30. The van der Waals surface area contributed by atoms with E-state index in [9.17, 15) is 33.7 Å². The molecule has 0 aromatic heterocycles. The summed E-state index contributed by atoms with van der Waals surface area (Å²) in [5.74, 6) is -0.621. The molecule has 21 heteroatoms. The minimum Gasteiger partial charge on any atom is -0.445 e. The minimum absolute atomic E-state index is 0.0602. The third-order valence-electron chi connectivity index (χ3n) is 12.1. The number of fused-ring (bicyclic) bond motifs is 4. The number of rotatable bonds is 28. The Morgan fingerprint density at radius 2 is 1.26 bits per heavy atom. The van der Waals surface area contributed by atoms with Gasteiger partial charge in [-0.3, -0.25) is 29.0 Å². The van der Waals surface area contributed by atoms with Gasteiger partial charge < -0.3 is 51.1 Å². The fourth-order valence-electron chi connectivity index (χ4n) is 8.26. The number of anilines is 3. The smallest absolute Gasteiger partial charge is 0.407 e. The molecule has 6 rings (SSSR count). The number of hydrogen-bond acceptors (Lipinski definition) is 13. The van der Waals surface area contributed by atoms with Crippen molar-refractivity contribution in [3.05, 3.63) is 125 Å². The highest BCUT2D eigenvalue weighted by Gasteiger charge is 2.32. The van der Waals surface area contributed by atoms with E-state index in [-0.39, 0.29) is 56.2 Å². The Balaban J connectivity index is 0.885. The van der Waals surface area contributed by atoms with Gasteiger partial charge in [-0.1, -0.05) is 86.0 Å². The summed E-state index contributed by atoms with van der Waals surface area (Å²) in [6, 6.07) is 30.1. The molecular weight excluding hydrogens is 1000 g/mol. The second kappa shape index (κ2) is 29.6. The maximum atomic E-state index is 14.1. The second-order valence-electron chi connectivity index (χ2n) is 18.0. The number of benzene rings is 4. The molecule has 4 aromatic rings. The third-order valence-corrected chi connectivity index (χ3v) is 13.5. The van der Waals surface area contributed by atoms with Crippen LogP contribution in [0.3, 0.4) is 0 Å². The molecular formula is C53H68N9O9PS2. The SMILES string of the molecule is CP(O)(=S)OCCCCCCNC(=O)OCc1ccc(NC(=O)CNC(=O)CCCCC(=O)N2Cc3ccccc3C3=C(NNN3CCCCCC(=O)NCC(=O)Nc3ccc(CS)cc3)c3ccccc32)cc1. The van der Waals surface area contributed by atoms with E-state index in [2.05, 4.69) is 61.2 Å². The van der Waals surface area contributed by atoms with Gasteiger partial charge in [-0.15, -0.1) is 5.53 Å². The van der Waals surface area contributed by atoms with E-state index >= 15 is 0 Å². The van der Waals surface area contributed by atoms with Crippen molar-refractivity contribution in [1.82, 2.24) is 31.9 Å². The lowest BCUT2D eigenvalue weighted by atomic mass is 9.95. The number of unbranched alkanes of at least 4 members (excludes halogenated alkanes) is 6. The lowest BCUT2D eigenvalue weighted by Crippen LogP contribution is -2.38. The van der Waals surface area contributed by atoms with Crippen LogP contribution < -0.4 is 42.4 Å². The molecule has 0 bridgehead atoms. The quantitative estimate of drug-likeness (QED) is 0.0153. The van der Waals surface area contributed by atoms with Gasteiger partial charge in [-0.05, 0) is 97.4 Å². The van der Waals surface area contributed by atoms with Gasteiger partial charge >= 0.3 is 6.09 Å². The minimum atomic E-state index is -2.62. The molecule has 1 unspecified atom stereocenters. The molecule has 396 valence electrons. The van der Waals surface area contributed by atoms with Gasteiger partial charge in [0.2, 0.25) is 29.5 Å². The fourth-order valence-corrected chi connectivity index (χ4v) is 9.16. The van der Waals surface area contributed by atoms with E-state index < -0.39 is 18.5 Å². The van der Waals surface area contributed by atoms with Crippen LogP contribution in [0.5, 0.6) is 0 Å². The van der Waals surface area contributed by atoms with Crippen LogP contribution in [-0.2, 0) is 63.9 Å². The molecule has 1 atom stereocenters. The van der Waals surface area contributed by atoms with Crippen LogP contribution in [-0.4, -0.2) is 85.0 Å². The van der Waals surface area contributed by atoms with Crippen LogP contribution in [0.25, 0.3) is 11.4 Å². The van der Waals surface area contributed by atoms with Crippen LogP contribution >= 0.6 is 19.1 Å². The van der Waals surface area contributed by atoms with Crippen molar-refractivity contribution in [2.45, 2.75) is 96.0 Å². The Morgan fingerprint density at radius 3 is 1.92 bits per heavy atom. The predicted molar refractivity (Wildman–Crippen MR) is 295 cm³/mol. The van der Waals surface area contributed by atoms with Crippen molar-refractivity contribution < 1.29 is 42.9 Å².